The number of aromatic nitrogens is 2. The number of halogens is 3. The van der Waals surface area contributed by atoms with Gasteiger partial charge in [-0.15, -0.1) is 0 Å². The number of aryl methyl sites for hydroxylation is 1. The minimum absolute atomic E-state index is 0.0916. The molecular formula is C22H19ClF2N4O2. The number of nitrogens with one attached hydrogen (secondary N) is 1. The molecule has 1 aromatic heterocycles. The molecule has 1 aliphatic heterocycles. The van der Waals surface area contributed by atoms with Crippen molar-refractivity contribution in [2.75, 3.05) is 5.32 Å². The van der Waals surface area contributed by atoms with Crippen LogP contribution in [0.25, 0.3) is 0 Å². The molecule has 0 saturated carbocycles. The zero-order valence-electron chi connectivity index (χ0n) is 16.8. The van der Waals surface area contributed by atoms with Crippen LogP contribution in [-0.4, -0.2) is 27.5 Å². The number of oxime groups is 1. The molecule has 1 amide bonds. The highest BCUT2D eigenvalue weighted by molar-refractivity contribution is 6.34. The summed E-state index contributed by atoms with van der Waals surface area (Å²) in [5.74, 6) is -1.25. The monoisotopic (exact) mass is 444 g/mol. The van der Waals surface area contributed by atoms with Crippen molar-refractivity contribution >= 4 is 28.9 Å². The first-order chi connectivity index (χ1) is 14.8. The van der Waals surface area contributed by atoms with Crippen LogP contribution in [-0.2, 0) is 16.2 Å². The third kappa shape index (κ3) is 4.29. The van der Waals surface area contributed by atoms with Gasteiger partial charge in [0.05, 0.1) is 39.9 Å². The van der Waals surface area contributed by atoms with Crippen LogP contribution in [0.3, 0.4) is 0 Å². The summed E-state index contributed by atoms with van der Waals surface area (Å²) in [4.78, 5) is 18.0. The van der Waals surface area contributed by atoms with Gasteiger partial charge >= 0.3 is 0 Å². The summed E-state index contributed by atoms with van der Waals surface area (Å²) >= 11 is 6.08. The van der Waals surface area contributed by atoms with Crippen LogP contribution in [0.4, 0.5) is 14.5 Å². The molecule has 1 N–H and O–H groups in total. The lowest BCUT2D eigenvalue weighted by atomic mass is 10.0. The Kier molecular flexibility index (Phi) is 5.73. The molecule has 1 atom stereocenters. The second-order valence-electron chi connectivity index (χ2n) is 7.25. The molecule has 0 saturated heterocycles. The largest absolute Gasteiger partial charge is 0.382 e. The molecule has 3 aromatic rings. The van der Waals surface area contributed by atoms with Crippen LogP contribution in [0.1, 0.15) is 28.9 Å². The molecule has 1 aliphatic rings. The highest BCUT2D eigenvalue weighted by Crippen LogP contribution is 2.27. The zero-order chi connectivity index (χ0) is 22.1. The van der Waals surface area contributed by atoms with Gasteiger partial charge in [-0.2, -0.15) is 5.10 Å². The van der Waals surface area contributed by atoms with Crippen LogP contribution >= 0.6 is 11.6 Å². The second kappa shape index (κ2) is 8.47. The normalized spacial score (nSPS) is 15.5. The Bertz CT molecular complexity index is 1150. The van der Waals surface area contributed by atoms with E-state index in [4.69, 9.17) is 16.4 Å². The Morgan fingerprint density at radius 2 is 1.97 bits per heavy atom. The van der Waals surface area contributed by atoms with Crippen LogP contribution in [0.5, 0.6) is 0 Å². The Morgan fingerprint density at radius 3 is 2.68 bits per heavy atom. The maximum absolute atomic E-state index is 14.1. The number of amides is 1. The average molecular weight is 445 g/mol. The van der Waals surface area contributed by atoms with E-state index >= 15 is 0 Å². The molecular weight excluding hydrogens is 426 g/mol. The van der Waals surface area contributed by atoms with Gasteiger partial charge in [-0.25, -0.2) is 8.78 Å². The topological polar surface area (TPSA) is 68.5 Å². The number of benzene rings is 2. The number of hydrogen-bond acceptors (Lipinski definition) is 4. The highest BCUT2D eigenvalue weighted by atomic mass is 35.5. The van der Waals surface area contributed by atoms with Crippen LogP contribution in [0.15, 0.2) is 47.6 Å². The van der Waals surface area contributed by atoms with E-state index in [0.717, 1.165) is 11.3 Å². The summed E-state index contributed by atoms with van der Waals surface area (Å²) < 4.78 is 29.0. The van der Waals surface area contributed by atoms with E-state index in [-0.39, 0.29) is 28.5 Å². The molecule has 0 bridgehead atoms. The number of carbonyl (C=O) groups is 1. The van der Waals surface area contributed by atoms with E-state index in [1.807, 2.05) is 6.92 Å². The van der Waals surface area contributed by atoms with E-state index in [1.165, 1.54) is 24.3 Å². The SMILES string of the molecule is Cc1nn(Cc2ccc(F)cc2)c(C)c1NC(=O)[C@H]1CC(c2c(F)cccc2Cl)=NO1. The third-order valence-corrected chi connectivity index (χ3v) is 5.40. The molecule has 4 rings (SSSR count). The minimum Gasteiger partial charge on any atom is -0.382 e. The molecule has 31 heavy (non-hydrogen) atoms. The quantitative estimate of drug-likeness (QED) is 0.624. The summed E-state index contributed by atoms with van der Waals surface area (Å²) in [5.41, 5.74) is 3.23. The maximum atomic E-state index is 14.1. The van der Waals surface area contributed by atoms with Crippen LogP contribution in [0.2, 0.25) is 5.02 Å². The Hall–Kier alpha value is -3.26. The van der Waals surface area contributed by atoms with Gasteiger partial charge in [0.1, 0.15) is 11.6 Å². The Morgan fingerprint density at radius 1 is 1.23 bits per heavy atom. The second-order valence-corrected chi connectivity index (χ2v) is 7.66. The van der Waals surface area contributed by atoms with Gasteiger partial charge in [0, 0.05) is 6.42 Å². The fourth-order valence-corrected chi connectivity index (χ4v) is 3.71. The van der Waals surface area contributed by atoms with Crippen molar-refractivity contribution in [2.45, 2.75) is 32.9 Å². The van der Waals surface area contributed by atoms with Crippen molar-refractivity contribution in [1.82, 2.24) is 9.78 Å². The molecule has 9 heteroatoms. The third-order valence-electron chi connectivity index (χ3n) is 5.09. The maximum Gasteiger partial charge on any atom is 0.268 e. The Labute approximate surface area is 182 Å². The fraction of sp³-hybridized carbons (Fsp3) is 0.227. The predicted molar refractivity (Wildman–Crippen MR) is 113 cm³/mol. The van der Waals surface area contributed by atoms with Crippen molar-refractivity contribution in [3.63, 3.8) is 0 Å². The van der Waals surface area contributed by atoms with Gasteiger partial charge in [-0.3, -0.25) is 9.48 Å². The average Bonchev–Trinajstić information content (AvgIpc) is 3.31. The number of rotatable bonds is 5. The fourth-order valence-electron chi connectivity index (χ4n) is 3.44. The molecule has 0 radical (unpaired) electrons. The predicted octanol–water partition coefficient (Wildman–Crippen LogP) is 4.61. The smallest absolute Gasteiger partial charge is 0.268 e. The van der Waals surface area contributed by atoms with Gasteiger partial charge in [-0.1, -0.05) is 35.0 Å². The van der Waals surface area contributed by atoms with Gasteiger partial charge in [0.15, 0.2) is 0 Å². The van der Waals surface area contributed by atoms with E-state index in [2.05, 4.69) is 15.6 Å². The first kappa shape index (κ1) is 21.0. The van der Waals surface area contributed by atoms with Crippen molar-refractivity contribution in [3.05, 3.63) is 81.6 Å². The summed E-state index contributed by atoms with van der Waals surface area (Å²) in [5, 5.41) is 11.4. The molecule has 0 aliphatic carbocycles. The molecule has 2 aromatic carbocycles. The minimum atomic E-state index is -0.912. The molecule has 0 spiro atoms. The molecule has 2 heterocycles. The molecule has 0 unspecified atom stereocenters. The number of nitrogens with zero attached hydrogens (tertiary/aromatic N) is 3. The highest BCUT2D eigenvalue weighted by Gasteiger charge is 2.32. The van der Waals surface area contributed by atoms with Gasteiger partial charge in [0.25, 0.3) is 5.91 Å². The van der Waals surface area contributed by atoms with Crippen molar-refractivity contribution in [2.24, 2.45) is 5.16 Å². The molecule has 6 nitrogen and oxygen atoms in total. The number of hydrogen-bond donors (Lipinski definition) is 1. The number of anilines is 1. The van der Waals surface area contributed by atoms with E-state index in [9.17, 15) is 13.6 Å². The first-order valence-electron chi connectivity index (χ1n) is 9.60. The van der Waals surface area contributed by atoms with Gasteiger partial charge in [-0.05, 0) is 43.7 Å². The van der Waals surface area contributed by atoms with Crippen molar-refractivity contribution in [1.29, 1.82) is 0 Å². The lowest BCUT2D eigenvalue weighted by molar-refractivity contribution is -0.125. The van der Waals surface area contributed by atoms with E-state index in [1.54, 1.807) is 29.8 Å². The zero-order valence-corrected chi connectivity index (χ0v) is 17.6. The molecule has 160 valence electrons. The Balaban J connectivity index is 1.46. The molecule has 0 fully saturated rings. The lowest BCUT2D eigenvalue weighted by Gasteiger charge is -2.10. The summed E-state index contributed by atoms with van der Waals surface area (Å²) in [7, 11) is 0. The van der Waals surface area contributed by atoms with E-state index in [0.29, 0.717) is 17.9 Å². The van der Waals surface area contributed by atoms with Crippen molar-refractivity contribution < 1.29 is 18.4 Å². The van der Waals surface area contributed by atoms with Crippen molar-refractivity contribution in [3.8, 4) is 0 Å². The van der Waals surface area contributed by atoms with Gasteiger partial charge in [0.2, 0.25) is 6.10 Å². The summed E-state index contributed by atoms with van der Waals surface area (Å²) in [6, 6.07) is 10.5. The number of carbonyl (C=O) groups excluding carboxylic acids is 1. The van der Waals surface area contributed by atoms with Crippen LogP contribution < -0.4 is 5.32 Å². The van der Waals surface area contributed by atoms with Crippen LogP contribution in [0, 0.1) is 25.5 Å². The standard InChI is InChI=1S/C22H19ClF2N4O2/c1-12-21(13(2)29(27-12)11-14-6-8-15(24)9-7-14)26-22(30)19-10-18(28-31-19)20-16(23)4-3-5-17(20)25/h3-9,19H,10-11H2,1-2H3,(H,26,30)/t19-/m1/s1. The first-order valence-corrected chi connectivity index (χ1v) is 9.97. The van der Waals surface area contributed by atoms with E-state index < -0.39 is 17.8 Å². The lowest BCUT2D eigenvalue weighted by Crippen LogP contribution is -2.28. The van der Waals surface area contributed by atoms with Gasteiger partial charge < -0.3 is 10.2 Å². The summed E-state index contributed by atoms with van der Waals surface area (Å²) in [6.45, 7) is 4.04. The summed E-state index contributed by atoms with van der Waals surface area (Å²) in [6.07, 6.45) is -0.821.